The molecule has 1 heterocycles. The van der Waals surface area contributed by atoms with Crippen molar-refractivity contribution >= 4 is 12.0 Å². The summed E-state index contributed by atoms with van der Waals surface area (Å²) in [6.45, 7) is 0.404. The number of dihydropyridines is 1. The number of allylic oxidation sites excluding steroid dienone is 1. The van der Waals surface area contributed by atoms with Crippen molar-refractivity contribution in [2.45, 2.75) is 6.42 Å². The highest BCUT2D eigenvalue weighted by Crippen LogP contribution is 2.11. The Hall–Kier alpha value is -1.63. The maximum Gasteiger partial charge on any atom is 0.177 e. The summed E-state index contributed by atoms with van der Waals surface area (Å²) in [6.07, 6.45) is 0.974. The molecule has 0 bridgehead atoms. The number of aliphatic hydroxyl groups excluding tert-OH is 1. The van der Waals surface area contributed by atoms with Crippen LogP contribution in [0.2, 0.25) is 0 Å². The summed E-state index contributed by atoms with van der Waals surface area (Å²) in [5.41, 5.74) is 0.218. The molecule has 0 aromatic rings. The predicted octanol–water partition coefficient (Wildman–Crippen LogP) is 0.366. The molecular formula is C7H6N2O2. The van der Waals surface area contributed by atoms with Crippen LogP contribution in [-0.2, 0) is 4.79 Å². The molecule has 0 amide bonds. The van der Waals surface area contributed by atoms with Gasteiger partial charge in [0.25, 0.3) is 0 Å². The summed E-state index contributed by atoms with van der Waals surface area (Å²) in [5, 5.41) is 17.5. The average Bonchev–Trinajstić information content (AvgIpc) is 2.05. The molecule has 1 aliphatic rings. The van der Waals surface area contributed by atoms with Crippen molar-refractivity contribution in [3.05, 3.63) is 11.3 Å². The van der Waals surface area contributed by atoms with E-state index in [1.807, 2.05) is 0 Å². The number of aldehydes is 1. The molecule has 56 valence electrons. The number of carbonyl (C=O) groups is 1. The van der Waals surface area contributed by atoms with Gasteiger partial charge in [-0.1, -0.05) is 0 Å². The second-order valence-corrected chi connectivity index (χ2v) is 2.08. The molecule has 11 heavy (non-hydrogen) atoms. The topological polar surface area (TPSA) is 73.5 Å². The Bertz CT molecular complexity index is 283. The van der Waals surface area contributed by atoms with Gasteiger partial charge in [-0.2, -0.15) is 5.26 Å². The Labute approximate surface area is 63.5 Å². The lowest BCUT2D eigenvalue weighted by Gasteiger charge is -2.06. The molecule has 0 aromatic carbocycles. The Balaban J connectivity index is 3.04. The van der Waals surface area contributed by atoms with Crippen LogP contribution in [0.1, 0.15) is 6.42 Å². The number of aliphatic imine (C=N–C) groups is 1. The fourth-order valence-corrected chi connectivity index (χ4v) is 0.837. The molecule has 0 saturated carbocycles. The number of hydrogen-bond donors (Lipinski definition) is 1. The van der Waals surface area contributed by atoms with Crippen LogP contribution >= 0.6 is 0 Å². The van der Waals surface area contributed by atoms with E-state index in [4.69, 9.17) is 10.4 Å². The van der Waals surface area contributed by atoms with Crippen molar-refractivity contribution in [2.24, 2.45) is 4.99 Å². The third-order valence-corrected chi connectivity index (χ3v) is 1.43. The first-order valence-electron chi connectivity index (χ1n) is 3.11. The molecule has 0 saturated heterocycles. The molecule has 0 radical (unpaired) electrons. The summed E-state index contributed by atoms with van der Waals surface area (Å²) >= 11 is 0. The zero-order chi connectivity index (χ0) is 8.27. The SMILES string of the molecule is N#CC1=NCCC(C=O)=C1O. The van der Waals surface area contributed by atoms with Gasteiger partial charge in [0.1, 0.15) is 12.4 Å². The van der Waals surface area contributed by atoms with Gasteiger partial charge in [-0.3, -0.25) is 9.79 Å². The Morgan fingerprint density at radius 3 is 3.00 bits per heavy atom. The highest BCUT2D eigenvalue weighted by atomic mass is 16.3. The molecule has 0 aliphatic carbocycles. The monoisotopic (exact) mass is 150 g/mol. The maximum absolute atomic E-state index is 10.2. The summed E-state index contributed by atoms with van der Waals surface area (Å²) < 4.78 is 0. The fourth-order valence-electron chi connectivity index (χ4n) is 0.837. The lowest BCUT2D eigenvalue weighted by molar-refractivity contribution is -0.105. The van der Waals surface area contributed by atoms with Crippen LogP contribution in [0.5, 0.6) is 0 Å². The van der Waals surface area contributed by atoms with Gasteiger partial charge in [0.2, 0.25) is 0 Å². The maximum atomic E-state index is 10.2. The number of carbonyl (C=O) groups excluding carboxylic acids is 1. The zero-order valence-electron chi connectivity index (χ0n) is 5.74. The standard InChI is InChI=1S/C7H6N2O2/c8-3-6-7(11)5(4-10)1-2-9-6/h4,11H,1-2H2. The molecule has 0 atom stereocenters. The first-order valence-corrected chi connectivity index (χ1v) is 3.11. The van der Waals surface area contributed by atoms with Crippen LogP contribution in [0.25, 0.3) is 0 Å². The highest BCUT2D eigenvalue weighted by Gasteiger charge is 2.15. The van der Waals surface area contributed by atoms with Crippen LogP contribution in [0, 0.1) is 11.3 Å². The van der Waals surface area contributed by atoms with Gasteiger partial charge in [0.05, 0.1) is 0 Å². The second kappa shape index (κ2) is 2.97. The van der Waals surface area contributed by atoms with Crippen molar-refractivity contribution in [3.63, 3.8) is 0 Å². The van der Waals surface area contributed by atoms with E-state index in [-0.39, 0.29) is 17.0 Å². The van der Waals surface area contributed by atoms with E-state index >= 15 is 0 Å². The molecule has 4 heteroatoms. The summed E-state index contributed by atoms with van der Waals surface area (Å²) in [6, 6.07) is 1.70. The normalized spacial score (nSPS) is 17.2. The Morgan fingerprint density at radius 1 is 1.73 bits per heavy atom. The third kappa shape index (κ3) is 1.27. The number of nitriles is 1. The Kier molecular flexibility index (Phi) is 2.02. The van der Waals surface area contributed by atoms with Crippen molar-refractivity contribution in [3.8, 4) is 6.07 Å². The Morgan fingerprint density at radius 2 is 2.45 bits per heavy atom. The highest BCUT2D eigenvalue weighted by molar-refractivity contribution is 6.12. The van der Waals surface area contributed by atoms with Gasteiger partial charge < -0.3 is 5.11 Å². The average molecular weight is 150 g/mol. The lowest BCUT2D eigenvalue weighted by atomic mass is 10.1. The van der Waals surface area contributed by atoms with Crippen molar-refractivity contribution in [2.75, 3.05) is 6.54 Å². The lowest BCUT2D eigenvalue weighted by Crippen LogP contribution is -2.11. The summed E-state index contributed by atoms with van der Waals surface area (Å²) in [7, 11) is 0. The molecule has 4 nitrogen and oxygen atoms in total. The van der Waals surface area contributed by atoms with E-state index in [0.717, 1.165) is 0 Å². The largest absolute Gasteiger partial charge is 0.505 e. The minimum absolute atomic E-state index is 0.0432. The summed E-state index contributed by atoms with van der Waals surface area (Å²) in [5.74, 6) is -0.270. The molecule has 0 aromatic heterocycles. The fraction of sp³-hybridized carbons (Fsp3) is 0.286. The van der Waals surface area contributed by atoms with E-state index in [1.165, 1.54) is 0 Å². The van der Waals surface area contributed by atoms with Gasteiger partial charge >= 0.3 is 0 Å². The quantitative estimate of drug-likeness (QED) is 0.548. The minimum Gasteiger partial charge on any atom is -0.505 e. The van der Waals surface area contributed by atoms with E-state index in [2.05, 4.69) is 4.99 Å². The van der Waals surface area contributed by atoms with Gasteiger partial charge in [-0.15, -0.1) is 0 Å². The number of aliphatic hydroxyl groups is 1. The molecule has 0 unspecified atom stereocenters. The van der Waals surface area contributed by atoms with Gasteiger partial charge in [0, 0.05) is 12.1 Å². The van der Waals surface area contributed by atoms with Crippen LogP contribution < -0.4 is 0 Å². The van der Waals surface area contributed by atoms with E-state index in [9.17, 15) is 4.79 Å². The first-order chi connectivity index (χ1) is 5.29. The third-order valence-electron chi connectivity index (χ3n) is 1.43. The molecular weight excluding hydrogens is 144 g/mol. The van der Waals surface area contributed by atoms with Gasteiger partial charge in [-0.05, 0) is 6.42 Å². The van der Waals surface area contributed by atoms with Crippen LogP contribution in [-0.4, -0.2) is 23.6 Å². The number of hydrogen-bond acceptors (Lipinski definition) is 4. The summed E-state index contributed by atoms with van der Waals surface area (Å²) in [4.78, 5) is 14.0. The van der Waals surface area contributed by atoms with Crippen LogP contribution in [0.3, 0.4) is 0 Å². The van der Waals surface area contributed by atoms with E-state index in [1.54, 1.807) is 6.07 Å². The molecule has 1 aliphatic heterocycles. The smallest absolute Gasteiger partial charge is 0.177 e. The van der Waals surface area contributed by atoms with Crippen molar-refractivity contribution in [1.29, 1.82) is 5.26 Å². The molecule has 0 fully saturated rings. The van der Waals surface area contributed by atoms with Crippen molar-refractivity contribution < 1.29 is 9.90 Å². The van der Waals surface area contributed by atoms with Crippen LogP contribution in [0.4, 0.5) is 0 Å². The van der Waals surface area contributed by atoms with Gasteiger partial charge in [-0.25, -0.2) is 0 Å². The van der Waals surface area contributed by atoms with Gasteiger partial charge in [0.15, 0.2) is 11.5 Å². The van der Waals surface area contributed by atoms with E-state index < -0.39 is 0 Å². The number of nitrogens with zero attached hydrogens (tertiary/aromatic N) is 2. The first kappa shape index (κ1) is 7.48. The van der Waals surface area contributed by atoms with E-state index in [0.29, 0.717) is 19.3 Å². The predicted molar refractivity (Wildman–Crippen MR) is 38.3 cm³/mol. The molecule has 0 spiro atoms. The number of rotatable bonds is 1. The molecule has 1 N–H and O–H groups in total. The van der Waals surface area contributed by atoms with Crippen molar-refractivity contribution in [1.82, 2.24) is 0 Å². The molecule has 1 rings (SSSR count). The van der Waals surface area contributed by atoms with Crippen LogP contribution in [0.15, 0.2) is 16.3 Å². The second-order valence-electron chi connectivity index (χ2n) is 2.08. The minimum atomic E-state index is -0.270. The zero-order valence-corrected chi connectivity index (χ0v) is 5.74.